The van der Waals surface area contributed by atoms with Gasteiger partial charge in [0.05, 0.1) is 7.11 Å². The molecule has 6 nitrogen and oxygen atoms in total. The Hall–Kier alpha value is -2.50. The number of nitrogens with one attached hydrogen (secondary N) is 1. The van der Waals surface area contributed by atoms with Crippen molar-refractivity contribution < 1.29 is 14.6 Å². The van der Waals surface area contributed by atoms with Gasteiger partial charge in [0.15, 0.2) is 11.5 Å². The largest absolute Gasteiger partial charge is 0.493 e. The highest BCUT2D eigenvalue weighted by atomic mass is 16.5. The number of hydrogen-bond acceptors (Lipinski definition) is 5. The first kappa shape index (κ1) is 13.9. The first-order valence-electron chi connectivity index (χ1n) is 6.17. The summed E-state index contributed by atoms with van der Waals surface area (Å²) >= 11 is 0. The fourth-order valence-electron chi connectivity index (χ4n) is 1.65. The average molecular weight is 276 g/mol. The van der Waals surface area contributed by atoms with Gasteiger partial charge in [0.2, 0.25) is 0 Å². The molecule has 2 N–H and O–H groups in total. The number of H-pyrrole nitrogens is 1. The zero-order valence-corrected chi connectivity index (χ0v) is 11.5. The van der Waals surface area contributed by atoms with Gasteiger partial charge in [0.1, 0.15) is 5.82 Å². The molecule has 0 atom stereocenters. The van der Waals surface area contributed by atoms with Crippen molar-refractivity contribution >= 4 is 0 Å². The fourth-order valence-corrected chi connectivity index (χ4v) is 1.65. The van der Waals surface area contributed by atoms with Gasteiger partial charge in [-0.1, -0.05) is 26.0 Å². The fraction of sp³-hybridized carbons (Fsp3) is 0.286. The summed E-state index contributed by atoms with van der Waals surface area (Å²) in [6.07, 6.45) is 0. The molecule has 0 radical (unpaired) electrons. The number of methoxy groups -OCH3 is 1. The van der Waals surface area contributed by atoms with Gasteiger partial charge < -0.3 is 19.6 Å². The molecule has 0 amide bonds. The number of para-hydroxylation sites is 2. The highest BCUT2D eigenvalue weighted by Gasteiger charge is 2.16. The Morgan fingerprint density at radius 3 is 2.45 bits per heavy atom. The number of nitrogens with zero attached hydrogens (tertiary/aromatic N) is 1. The molecule has 0 saturated heterocycles. The Labute approximate surface area is 116 Å². The smallest absolute Gasteiger partial charge is 0.298 e. The van der Waals surface area contributed by atoms with Crippen LogP contribution in [0.25, 0.3) is 0 Å². The Morgan fingerprint density at radius 2 is 1.90 bits per heavy atom. The van der Waals surface area contributed by atoms with Crippen LogP contribution in [-0.2, 0) is 0 Å². The van der Waals surface area contributed by atoms with Gasteiger partial charge in [-0.2, -0.15) is 4.98 Å². The van der Waals surface area contributed by atoms with Crippen molar-refractivity contribution in [3.63, 3.8) is 0 Å². The molecule has 0 aliphatic heterocycles. The van der Waals surface area contributed by atoms with Gasteiger partial charge in [-0.25, -0.2) is 0 Å². The van der Waals surface area contributed by atoms with E-state index in [2.05, 4.69) is 9.97 Å². The van der Waals surface area contributed by atoms with Crippen molar-refractivity contribution in [2.24, 2.45) is 0 Å². The standard InChI is InChI=1S/C14H16N2O4/c1-8(2)12-15-13(17)11(14(18)16-12)20-10-7-5-4-6-9(10)19-3/h4-8H,1-3H3,(H2,15,16,17,18). The van der Waals surface area contributed by atoms with E-state index in [9.17, 15) is 9.90 Å². The highest BCUT2D eigenvalue weighted by molar-refractivity contribution is 5.44. The Kier molecular flexibility index (Phi) is 3.93. The molecule has 2 rings (SSSR count). The molecule has 1 aromatic carbocycles. The summed E-state index contributed by atoms with van der Waals surface area (Å²) in [5.41, 5.74) is -0.535. The van der Waals surface area contributed by atoms with Crippen molar-refractivity contribution in [2.45, 2.75) is 19.8 Å². The minimum Gasteiger partial charge on any atom is -0.493 e. The number of ether oxygens (including phenoxy) is 2. The quantitative estimate of drug-likeness (QED) is 0.895. The number of hydrogen-bond donors (Lipinski definition) is 2. The summed E-state index contributed by atoms with van der Waals surface area (Å²) in [5, 5.41) is 9.85. The van der Waals surface area contributed by atoms with Crippen molar-refractivity contribution in [1.82, 2.24) is 9.97 Å². The van der Waals surface area contributed by atoms with Crippen LogP contribution < -0.4 is 15.0 Å². The molecule has 6 heteroatoms. The van der Waals surface area contributed by atoms with Crippen molar-refractivity contribution in [1.29, 1.82) is 0 Å². The number of aromatic nitrogens is 2. The van der Waals surface area contributed by atoms with E-state index in [1.54, 1.807) is 24.3 Å². The minimum atomic E-state index is -0.535. The monoisotopic (exact) mass is 276 g/mol. The number of aromatic hydroxyl groups is 1. The maximum atomic E-state index is 11.9. The summed E-state index contributed by atoms with van der Waals surface area (Å²) in [7, 11) is 1.49. The Bertz CT molecular complexity index is 664. The maximum absolute atomic E-state index is 11.9. The second kappa shape index (κ2) is 5.64. The second-order valence-corrected chi connectivity index (χ2v) is 4.51. The van der Waals surface area contributed by atoms with Gasteiger partial charge in [-0.3, -0.25) is 4.79 Å². The molecule has 20 heavy (non-hydrogen) atoms. The molecule has 1 aromatic heterocycles. The molecule has 0 bridgehead atoms. The molecular weight excluding hydrogens is 260 g/mol. The van der Waals surface area contributed by atoms with E-state index in [1.807, 2.05) is 13.8 Å². The minimum absolute atomic E-state index is 0.00564. The molecule has 0 fully saturated rings. The van der Waals surface area contributed by atoms with Gasteiger partial charge in [-0.15, -0.1) is 0 Å². The lowest BCUT2D eigenvalue weighted by molar-refractivity contribution is 0.356. The molecule has 2 aromatic rings. The second-order valence-electron chi connectivity index (χ2n) is 4.51. The molecule has 1 heterocycles. The molecule has 0 saturated carbocycles. The van der Waals surface area contributed by atoms with Crippen molar-refractivity contribution in [2.75, 3.05) is 7.11 Å². The summed E-state index contributed by atoms with van der Waals surface area (Å²) in [4.78, 5) is 18.4. The SMILES string of the molecule is COc1ccccc1Oc1c(O)nc(C(C)C)[nH]c1=O. The summed E-state index contributed by atoms with van der Waals surface area (Å²) in [5.74, 6) is 0.491. The highest BCUT2D eigenvalue weighted by Crippen LogP contribution is 2.32. The summed E-state index contributed by atoms with van der Waals surface area (Å²) in [6.45, 7) is 3.72. The lowest BCUT2D eigenvalue weighted by Crippen LogP contribution is -2.14. The number of benzene rings is 1. The van der Waals surface area contributed by atoms with Gasteiger partial charge in [0.25, 0.3) is 17.2 Å². The first-order chi connectivity index (χ1) is 9.52. The van der Waals surface area contributed by atoms with E-state index in [1.165, 1.54) is 7.11 Å². The van der Waals surface area contributed by atoms with Crippen LogP contribution in [0.3, 0.4) is 0 Å². The zero-order chi connectivity index (χ0) is 14.7. The van der Waals surface area contributed by atoms with E-state index < -0.39 is 11.4 Å². The van der Waals surface area contributed by atoms with E-state index in [0.29, 0.717) is 17.3 Å². The van der Waals surface area contributed by atoms with Crippen molar-refractivity contribution in [3.8, 4) is 23.1 Å². The van der Waals surface area contributed by atoms with E-state index >= 15 is 0 Å². The predicted octanol–water partition coefficient (Wildman–Crippen LogP) is 2.40. The van der Waals surface area contributed by atoms with Crippen LogP contribution in [0.1, 0.15) is 25.6 Å². The van der Waals surface area contributed by atoms with Crippen molar-refractivity contribution in [3.05, 3.63) is 40.4 Å². The molecule has 0 spiro atoms. The van der Waals surface area contributed by atoms with Crippen LogP contribution in [0.4, 0.5) is 0 Å². The predicted molar refractivity (Wildman–Crippen MR) is 73.7 cm³/mol. The summed E-state index contributed by atoms with van der Waals surface area (Å²) in [6, 6.07) is 6.83. The molecule has 0 unspecified atom stereocenters. The molecule has 106 valence electrons. The zero-order valence-electron chi connectivity index (χ0n) is 11.5. The van der Waals surface area contributed by atoms with Crippen LogP contribution in [0.15, 0.2) is 29.1 Å². The van der Waals surface area contributed by atoms with Crippen LogP contribution in [0.5, 0.6) is 23.1 Å². The van der Waals surface area contributed by atoms with Gasteiger partial charge >= 0.3 is 0 Å². The van der Waals surface area contributed by atoms with E-state index in [4.69, 9.17) is 9.47 Å². The molecule has 0 aliphatic carbocycles. The maximum Gasteiger partial charge on any atom is 0.298 e. The van der Waals surface area contributed by atoms with Crippen LogP contribution in [0.2, 0.25) is 0 Å². The summed E-state index contributed by atoms with van der Waals surface area (Å²) < 4.78 is 10.5. The van der Waals surface area contributed by atoms with Crippen LogP contribution in [-0.4, -0.2) is 22.2 Å². The normalized spacial score (nSPS) is 10.6. The Morgan fingerprint density at radius 1 is 1.25 bits per heavy atom. The number of rotatable bonds is 4. The molecule has 0 aliphatic rings. The van der Waals surface area contributed by atoms with Gasteiger partial charge in [0, 0.05) is 5.92 Å². The topological polar surface area (TPSA) is 84.4 Å². The third-order valence-corrected chi connectivity index (χ3v) is 2.71. The van der Waals surface area contributed by atoms with E-state index in [0.717, 1.165) is 0 Å². The lowest BCUT2D eigenvalue weighted by Gasteiger charge is -2.11. The molecular formula is C14H16N2O4. The lowest BCUT2D eigenvalue weighted by atomic mass is 10.2. The Balaban J connectivity index is 2.42. The average Bonchev–Trinajstić information content (AvgIpc) is 2.42. The van der Waals surface area contributed by atoms with Crippen LogP contribution in [0, 0.1) is 0 Å². The van der Waals surface area contributed by atoms with Crippen LogP contribution >= 0.6 is 0 Å². The third-order valence-electron chi connectivity index (χ3n) is 2.71. The van der Waals surface area contributed by atoms with E-state index in [-0.39, 0.29) is 11.7 Å². The van der Waals surface area contributed by atoms with Gasteiger partial charge in [-0.05, 0) is 12.1 Å². The third kappa shape index (κ3) is 2.74. The number of aromatic amines is 1. The first-order valence-corrected chi connectivity index (χ1v) is 6.17.